The number of ether oxygens (including phenoxy) is 2. The molecular weight excluding hydrogens is 436 g/mol. The van der Waals surface area contributed by atoms with Crippen molar-refractivity contribution in [2.75, 3.05) is 6.61 Å². The molecule has 0 fully saturated rings. The molecule has 0 radical (unpaired) electrons. The molecule has 0 spiro atoms. The molecule has 2 aromatic carbocycles. The van der Waals surface area contributed by atoms with Gasteiger partial charge in [-0.25, -0.2) is 9.59 Å². The first-order chi connectivity index (χ1) is 15.1. The van der Waals surface area contributed by atoms with Crippen molar-refractivity contribution >= 4 is 34.9 Å². The van der Waals surface area contributed by atoms with Crippen LogP contribution in [-0.4, -0.2) is 18.6 Å². The van der Waals surface area contributed by atoms with Gasteiger partial charge in [-0.15, -0.1) is 0 Å². The number of hydrogen-bond donors (Lipinski definition) is 2. The Hall–Kier alpha value is -3.29. The Bertz CT molecular complexity index is 1100. The molecule has 6 nitrogen and oxygen atoms in total. The van der Waals surface area contributed by atoms with Gasteiger partial charge in [0.1, 0.15) is 19.0 Å². The first-order valence-corrected chi connectivity index (χ1v) is 10.8. The maximum atomic E-state index is 13.1. The van der Waals surface area contributed by atoms with Crippen LogP contribution in [0.5, 0.6) is 5.75 Å². The van der Waals surface area contributed by atoms with E-state index in [2.05, 4.69) is 10.6 Å². The molecular formula is C23H19ClN2O4S. The second kappa shape index (κ2) is 9.68. The Kier molecular flexibility index (Phi) is 6.54. The van der Waals surface area contributed by atoms with Gasteiger partial charge in [-0.2, -0.15) is 11.3 Å². The van der Waals surface area contributed by atoms with Crippen LogP contribution in [0.25, 0.3) is 0 Å². The van der Waals surface area contributed by atoms with Crippen LogP contribution in [0.15, 0.2) is 82.7 Å². The number of thiophene rings is 1. The van der Waals surface area contributed by atoms with Crippen LogP contribution in [-0.2, 0) is 16.1 Å². The zero-order valence-electron chi connectivity index (χ0n) is 16.3. The van der Waals surface area contributed by atoms with E-state index >= 15 is 0 Å². The molecule has 158 valence electrons. The number of halogens is 1. The molecule has 1 atom stereocenters. The molecule has 0 saturated heterocycles. The topological polar surface area (TPSA) is 76.7 Å². The molecule has 1 aromatic heterocycles. The van der Waals surface area contributed by atoms with Crippen molar-refractivity contribution in [1.29, 1.82) is 0 Å². The molecule has 2 N–H and O–H groups in total. The summed E-state index contributed by atoms with van der Waals surface area (Å²) in [5, 5.41) is 9.87. The maximum absolute atomic E-state index is 13.1. The normalized spacial score (nSPS) is 15.8. The minimum Gasteiger partial charge on any atom is -0.487 e. The lowest BCUT2D eigenvalue weighted by Crippen LogP contribution is -2.47. The number of hydrogen-bond acceptors (Lipinski definition) is 5. The van der Waals surface area contributed by atoms with Crippen LogP contribution < -0.4 is 15.4 Å². The first kappa shape index (κ1) is 21.0. The molecule has 31 heavy (non-hydrogen) atoms. The summed E-state index contributed by atoms with van der Waals surface area (Å²) in [6.45, 7) is 0.115. The Balaban J connectivity index is 1.64. The average Bonchev–Trinajstić information content (AvgIpc) is 3.30. The highest BCUT2D eigenvalue weighted by Gasteiger charge is 2.34. The highest BCUT2D eigenvalue weighted by Crippen LogP contribution is 2.29. The molecule has 0 bridgehead atoms. The van der Waals surface area contributed by atoms with Crippen LogP contribution in [0, 0.1) is 0 Å². The summed E-state index contributed by atoms with van der Waals surface area (Å²) in [5.74, 6) is -0.00715. The highest BCUT2D eigenvalue weighted by atomic mass is 35.5. The molecule has 4 rings (SSSR count). The van der Waals surface area contributed by atoms with Crippen molar-refractivity contribution in [1.82, 2.24) is 10.6 Å². The molecule has 0 saturated carbocycles. The second-order valence-electron chi connectivity index (χ2n) is 6.79. The van der Waals surface area contributed by atoms with Gasteiger partial charge in [-0.1, -0.05) is 48.0 Å². The van der Waals surface area contributed by atoms with Gasteiger partial charge in [0.2, 0.25) is 0 Å². The van der Waals surface area contributed by atoms with Crippen LogP contribution in [0.1, 0.15) is 17.2 Å². The predicted octanol–water partition coefficient (Wildman–Crippen LogP) is 4.83. The Morgan fingerprint density at radius 2 is 1.90 bits per heavy atom. The van der Waals surface area contributed by atoms with Crippen molar-refractivity contribution in [2.24, 2.45) is 0 Å². The Morgan fingerprint density at radius 1 is 1.06 bits per heavy atom. The third-order valence-corrected chi connectivity index (χ3v) is 5.60. The number of carbonyl (C=O) groups is 2. The monoisotopic (exact) mass is 454 g/mol. The standard InChI is InChI=1S/C23H19ClN2O4S/c24-17-7-4-8-18(11-17)29-13-19-20(22(27)30-12-15-9-10-31-14-15)21(26-23(28)25-19)16-5-2-1-3-6-16/h1-11,14,21H,12-13H2,(H2,25,26,28). The van der Waals surface area contributed by atoms with Crippen LogP contribution >= 0.6 is 22.9 Å². The van der Waals surface area contributed by atoms with Crippen LogP contribution in [0.3, 0.4) is 0 Å². The molecule has 1 unspecified atom stereocenters. The lowest BCUT2D eigenvalue weighted by molar-refractivity contribution is -0.140. The number of esters is 1. The molecule has 8 heteroatoms. The number of urea groups is 1. The summed E-state index contributed by atoms with van der Waals surface area (Å²) >= 11 is 7.55. The number of nitrogens with one attached hydrogen (secondary N) is 2. The molecule has 2 amide bonds. The van der Waals surface area contributed by atoms with Crippen molar-refractivity contribution < 1.29 is 19.1 Å². The SMILES string of the molecule is O=C1NC(COc2cccc(Cl)c2)=C(C(=O)OCc2ccsc2)C(c2ccccc2)N1. The quantitative estimate of drug-likeness (QED) is 0.501. The average molecular weight is 455 g/mol. The Morgan fingerprint density at radius 3 is 2.65 bits per heavy atom. The van der Waals surface area contributed by atoms with E-state index in [-0.39, 0.29) is 13.2 Å². The van der Waals surface area contributed by atoms with Gasteiger partial charge in [0.15, 0.2) is 0 Å². The third-order valence-electron chi connectivity index (χ3n) is 4.64. The fourth-order valence-electron chi connectivity index (χ4n) is 3.18. The van der Waals surface area contributed by atoms with Gasteiger partial charge >= 0.3 is 12.0 Å². The lowest BCUT2D eigenvalue weighted by atomic mass is 9.95. The second-order valence-corrected chi connectivity index (χ2v) is 8.00. The van der Waals surface area contributed by atoms with Crippen molar-refractivity contribution in [2.45, 2.75) is 12.6 Å². The maximum Gasteiger partial charge on any atom is 0.338 e. The van der Waals surface area contributed by atoms with Gasteiger partial charge in [0, 0.05) is 10.6 Å². The fraction of sp³-hybridized carbons (Fsp3) is 0.130. The Labute approximate surface area is 188 Å². The molecule has 0 aliphatic carbocycles. The molecule has 2 heterocycles. The minimum atomic E-state index is -0.664. The van der Waals surface area contributed by atoms with Gasteiger partial charge in [-0.3, -0.25) is 0 Å². The fourth-order valence-corrected chi connectivity index (χ4v) is 4.02. The van der Waals surface area contributed by atoms with E-state index in [9.17, 15) is 9.59 Å². The van der Waals surface area contributed by atoms with Gasteiger partial charge in [0.05, 0.1) is 17.3 Å². The summed E-state index contributed by atoms with van der Waals surface area (Å²) in [6, 6.07) is 17.0. The number of rotatable bonds is 7. The summed E-state index contributed by atoms with van der Waals surface area (Å²) in [6.07, 6.45) is 0. The smallest absolute Gasteiger partial charge is 0.338 e. The number of carbonyl (C=O) groups excluding carboxylic acids is 2. The molecule has 1 aliphatic rings. The summed E-state index contributed by atoms with van der Waals surface area (Å²) in [7, 11) is 0. The summed E-state index contributed by atoms with van der Waals surface area (Å²) < 4.78 is 11.4. The lowest BCUT2D eigenvalue weighted by Gasteiger charge is -2.29. The van der Waals surface area contributed by atoms with E-state index in [1.165, 1.54) is 11.3 Å². The summed E-state index contributed by atoms with van der Waals surface area (Å²) in [5.41, 5.74) is 2.30. The molecule has 1 aliphatic heterocycles. The van der Waals surface area contributed by atoms with E-state index < -0.39 is 18.0 Å². The van der Waals surface area contributed by atoms with Crippen molar-refractivity contribution in [3.63, 3.8) is 0 Å². The largest absolute Gasteiger partial charge is 0.487 e. The number of benzene rings is 2. The van der Waals surface area contributed by atoms with Gasteiger partial charge in [0.25, 0.3) is 0 Å². The van der Waals surface area contributed by atoms with Crippen molar-refractivity contribution in [3.8, 4) is 5.75 Å². The number of amides is 2. The van der Waals surface area contributed by atoms with E-state index in [0.717, 1.165) is 11.1 Å². The first-order valence-electron chi connectivity index (χ1n) is 9.52. The van der Waals surface area contributed by atoms with Crippen LogP contribution in [0.4, 0.5) is 4.79 Å². The van der Waals surface area contributed by atoms with E-state index in [1.54, 1.807) is 24.3 Å². The van der Waals surface area contributed by atoms with E-state index in [0.29, 0.717) is 22.0 Å². The highest BCUT2D eigenvalue weighted by molar-refractivity contribution is 7.07. The van der Waals surface area contributed by atoms with Gasteiger partial charge in [-0.05, 0) is 40.6 Å². The summed E-state index contributed by atoms with van der Waals surface area (Å²) in [4.78, 5) is 25.5. The van der Waals surface area contributed by atoms with E-state index in [4.69, 9.17) is 21.1 Å². The van der Waals surface area contributed by atoms with E-state index in [1.807, 2.05) is 47.2 Å². The minimum absolute atomic E-state index is 0.0278. The zero-order valence-corrected chi connectivity index (χ0v) is 17.9. The van der Waals surface area contributed by atoms with Gasteiger partial charge < -0.3 is 20.1 Å². The molecule has 3 aromatic rings. The third kappa shape index (κ3) is 5.25. The predicted molar refractivity (Wildman–Crippen MR) is 119 cm³/mol. The van der Waals surface area contributed by atoms with Crippen LogP contribution in [0.2, 0.25) is 5.02 Å². The van der Waals surface area contributed by atoms with Crippen molar-refractivity contribution in [3.05, 3.63) is 98.8 Å². The zero-order chi connectivity index (χ0) is 21.6.